The number of benzene rings is 2. The van der Waals surface area contributed by atoms with Gasteiger partial charge in [0, 0.05) is 26.8 Å². The zero-order valence-electron chi connectivity index (χ0n) is 11.3. The molecule has 2 aromatic rings. The quantitative estimate of drug-likeness (QED) is 0.788. The minimum atomic E-state index is -0.286. The third kappa shape index (κ3) is 4.12. The summed E-state index contributed by atoms with van der Waals surface area (Å²) in [6, 6.07) is 10.1. The highest BCUT2D eigenvalue weighted by Gasteiger charge is 2.11. The predicted octanol–water partition coefficient (Wildman–Crippen LogP) is 4.34. The van der Waals surface area contributed by atoms with Crippen molar-refractivity contribution in [3.05, 3.63) is 51.5 Å². The highest BCUT2D eigenvalue weighted by Crippen LogP contribution is 2.27. The van der Waals surface area contributed by atoms with Crippen molar-refractivity contribution < 1.29 is 9.53 Å². The van der Waals surface area contributed by atoms with E-state index in [1.165, 1.54) is 0 Å². The number of hydrogen-bond acceptors (Lipinski definition) is 3. The van der Waals surface area contributed by atoms with E-state index in [-0.39, 0.29) is 5.91 Å². The lowest BCUT2D eigenvalue weighted by Crippen LogP contribution is -2.13. The van der Waals surface area contributed by atoms with Gasteiger partial charge in [-0.1, -0.05) is 11.6 Å². The number of nitrogens with two attached hydrogens (primary N) is 1. The van der Waals surface area contributed by atoms with Crippen molar-refractivity contribution >= 4 is 44.8 Å². The molecule has 0 saturated heterocycles. The standard InChI is InChI=1S/C15H14BrClN2O2/c1-2-21-12-6-9(5-11(18)8-12)15(20)19-14-7-10(17)3-4-13(14)16/h3-8H,2,18H2,1H3,(H,19,20). The normalized spacial score (nSPS) is 10.2. The molecular weight excluding hydrogens is 356 g/mol. The van der Waals surface area contributed by atoms with E-state index in [1.807, 2.05) is 6.92 Å². The smallest absolute Gasteiger partial charge is 0.255 e. The fourth-order valence-electron chi connectivity index (χ4n) is 1.79. The average molecular weight is 370 g/mol. The molecular formula is C15H14BrClN2O2. The lowest BCUT2D eigenvalue weighted by Gasteiger charge is -2.10. The zero-order chi connectivity index (χ0) is 15.4. The molecule has 3 N–H and O–H groups in total. The van der Waals surface area contributed by atoms with E-state index in [9.17, 15) is 4.79 Å². The predicted molar refractivity (Wildman–Crippen MR) is 89.1 cm³/mol. The van der Waals surface area contributed by atoms with Crippen LogP contribution in [-0.4, -0.2) is 12.5 Å². The van der Waals surface area contributed by atoms with Gasteiger partial charge in [0.2, 0.25) is 0 Å². The van der Waals surface area contributed by atoms with Crippen LogP contribution in [0.1, 0.15) is 17.3 Å². The summed E-state index contributed by atoms with van der Waals surface area (Å²) in [4.78, 5) is 12.3. The van der Waals surface area contributed by atoms with Crippen LogP contribution in [0.3, 0.4) is 0 Å². The summed E-state index contributed by atoms with van der Waals surface area (Å²) in [6.07, 6.45) is 0. The molecule has 0 aromatic heterocycles. The van der Waals surface area contributed by atoms with Gasteiger partial charge in [-0.3, -0.25) is 4.79 Å². The van der Waals surface area contributed by atoms with Crippen molar-refractivity contribution in [2.45, 2.75) is 6.92 Å². The Bertz CT molecular complexity index is 677. The molecule has 0 bridgehead atoms. The fourth-order valence-corrected chi connectivity index (χ4v) is 2.31. The summed E-state index contributed by atoms with van der Waals surface area (Å²) < 4.78 is 6.12. The molecule has 0 spiro atoms. The van der Waals surface area contributed by atoms with Crippen molar-refractivity contribution in [2.24, 2.45) is 0 Å². The van der Waals surface area contributed by atoms with Crippen LogP contribution in [0.4, 0.5) is 11.4 Å². The molecule has 0 aliphatic heterocycles. The average Bonchev–Trinajstić information content (AvgIpc) is 2.42. The van der Waals surface area contributed by atoms with Gasteiger partial charge in [-0.05, 0) is 53.2 Å². The minimum absolute atomic E-state index is 0.286. The number of anilines is 2. The summed E-state index contributed by atoms with van der Waals surface area (Å²) in [6.45, 7) is 2.37. The van der Waals surface area contributed by atoms with Gasteiger partial charge in [-0.2, -0.15) is 0 Å². The van der Waals surface area contributed by atoms with Gasteiger partial charge in [0.15, 0.2) is 0 Å². The van der Waals surface area contributed by atoms with Crippen LogP contribution in [0.5, 0.6) is 5.75 Å². The maximum absolute atomic E-state index is 12.3. The monoisotopic (exact) mass is 368 g/mol. The molecule has 0 fully saturated rings. The van der Waals surface area contributed by atoms with Gasteiger partial charge in [0.1, 0.15) is 5.75 Å². The maximum atomic E-state index is 12.3. The molecule has 4 nitrogen and oxygen atoms in total. The number of halogens is 2. The van der Waals surface area contributed by atoms with E-state index < -0.39 is 0 Å². The summed E-state index contributed by atoms with van der Waals surface area (Å²) in [5.41, 5.74) is 7.27. The first-order valence-electron chi connectivity index (χ1n) is 6.29. The summed E-state index contributed by atoms with van der Waals surface area (Å²) in [7, 11) is 0. The van der Waals surface area contributed by atoms with Crippen LogP contribution in [0.25, 0.3) is 0 Å². The van der Waals surface area contributed by atoms with E-state index in [4.69, 9.17) is 22.1 Å². The molecule has 110 valence electrons. The van der Waals surface area contributed by atoms with Gasteiger partial charge in [0.05, 0.1) is 12.3 Å². The highest BCUT2D eigenvalue weighted by atomic mass is 79.9. The van der Waals surface area contributed by atoms with Gasteiger partial charge < -0.3 is 15.8 Å². The molecule has 0 aliphatic carbocycles. The molecule has 2 rings (SSSR count). The molecule has 0 saturated carbocycles. The summed E-state index contributed by atoms with van der Waals surface area (Å²) >= 11 is 9.29. The third-order valence-electron chi connectivity index (χ3n) is 2.68. The third-order valence-corrected chi connectivity index (χ3v) is 3.61. The number of ether oxygens (including phenoxy) is 1. The lowest BCUT2D eigenvalue weighted by atomic mass is 10.1. The van der Waals surface area contributed by atoms with Crippen LogP contribution in [0, 0.1) is 0 Å². The largest absolute Gasteiger partial charge is 0.494 e. The second-order valence-corrected chi connectivity index (χ2v) is 5.59. The van der Waals surface area contributed by atoms with E-state index in [0.29, 0.717) is 34.3 Å². The van der Waals surface area contributed by atoms with Crippen LogP contribution in [0.2, 0.25) is 5.02 Å². The molecule has 0 radical (unpaired) electrons. The summed E-state index contributed by atoms with van der Waals surface area (Å²) in [5.74, 6) is 0.277. The molecule has 0 aliphatic rings. The van der Waals surface area contributed by atoms with Crippen LogP contribution < -0.4 is 15.8 Å². The highest BCUT2D eigenvalue weighted by molar-refractivity contribution is 9.10. The van der Waals surface area contributed by atoms with Gasteiger partial charge in [-0.15, -0.1) is 0 Å². The van der Waals surface area contributed by atoms with Crippen molar-refractivity contribution in [1.82, 2.24) is 0 Å². The number of rotatable bonds is 4. The number of nitrogens with one attached hydrogen (secondary N) is 1. The van der Waals surface area contributed by atoms with E-state index >= 15 is 0 Å². The van der Waals surface area contributed by atoms with Crippen LogP contribution in [0.15, 0.2) is 40.9 Å². The number of carbonyl (C=O) groups is 1. The minimum Gasteiger partial charge on any atom is -0.494 e. The fraction of sp³-hybridized carbons (Fsp3) is 0.133. The van der Waals surface area contributed by atoms with E-state index in [2.05, 4.69) is 21.2 Å². The van der Waals surface area contributed by atoms with Crippen molar-refractivity contribution in [2.75, 3.05) is 17.7 Å². The van der Waals surface area contributed by atoms with Crippen molar-refractivity contribution in [3.63, 3.8) is 0 Å². The topological polar surface area (TPSA) is 64.3 Å². The van der Waals surface area contributed by atoms with E-state index in [0.717, 1.165) is 4.47 Å². The first-order valence-corrected chi connectivity index (χ1v) is 7.46. The number of nitrogen functional groups attached to an aromatic ring is 1. The van der Waals surface area contributed by atoms with Crippen molar-refractivity contribution in [3.8, 4) is 5.75 Å². The Labute approximate surface area is 136 Å². The maximum Gasteiger partial charge on any atom is 0.255 e. The lowest BCUT2D eigenvalue weighted by molar-refractivity contribution is 0.102. The molecule has 0 unspecified atom stereocenters. The van der Waals surface area contributed by atoms with Gasteiger partial charge >= 0.3 is 0 Å². The number of hydrogen-bond donors (Lipinski definition) is 2. The van der Waals surface area contributed by atoms with Crippen molar-refractivity contribution in [1.29, 1.82) is 0 Å². The molecule has 6 heteroatoms. The Morgan fingerprint density at radius 2 is 2.10 bits per heavy atom. The first kappa shape index (κ1) is 15.7. The van der Waals surface area contributed by atoms with Gasteiger partial charge in [0.25, 0.3) is 5.91 Å². The Kier molecular flexibility index (Phi) is 5.09. The Hall–Kier alpha value is -1.72. The number of amides is 1. The Balaban J connectivity index is 2.25. The number of carbonyl (C=O) groups excluding carboxylic acids is 1. The van der Waals surface area contributed by atoms with Gasteiger partial charge in [-0.25, -0.2) is 0 Å². The SMILES string of the molecule is CCOc1cc(N)cc(C(=O)Nc2cc(Cl)ccc2Br)c1. The second kappa shape index (κ2) is 6.83. The molecule has 21 heavy (non-hydrogen) atoms. The molecule has 0 heterocycles. The zero-order valence-corrected chi connectivity index (χ0v) is 13.7. The Morgan fingerprint density at radius 1 is 1.33 bits per heavy atom. The molecule has 2 aromatic carbocycles. The summed E-state index contributed by atoms with van der Waals surface area (Å²) in [5, 5.41) is 3.32. The van der Waals surface area contributed by atoms with Crippen LogP contribution >= 0.6 is 27.5 Å². The second-order valence-electron chi connectivity index (χ2n) is 4.30. The molecule has 1 amide bonds. The molecule has 0 atom stereocenters. The van der Waals surface area contributed by atoms with Crippen LogP contribution in [-0.2, 0) is 0 Å². The Morgan fingerprint density at radius 3 is 2.81 bits per heavy atom. The van der Waals surface area contributed by atoms with E-state index in [1.54, 1.807) is 36.4 Å². The first-order chi connectivity index (χ1) is 9.99.